The summed E-state index contributed by atoms with van der Waals surface area (Å²) in [7, 11) is 0. The van der Waals surface area contributed by atoms with E-state index in [9.17, 15) is 0 Å². The Morgan fingerprint density at radius 3 is 2.95 bits per heavy atom. The number of fused-ring (bicyclic) bond motifs is 1. The van der Waals surface area contributed by atoms with Crippen molar-refractivity contribution in [2.45, 2.75) is 51.6 Å². The van der Waals surface area contributed by atoms with Gasteiger partial charge in [-0.1, -0.05) is 28.8 Å². The van der Waals surface area contributed by atoms with Crippen molar-refractivity contribution < 1.29 is 4.74 Å². The van der Waals surface area contributed by atoms with Crippen molar-refractivity contribution in [1.82, 2.24) is 5.32 Å². The Balaban J connectivity index is 1.66. The molecule has 1 aliphatic carbocycles. The van der Waals surface area contributed by atoms with Gasteiger partial charge in [-0.2, -0.15) is 0 Å². The summed E-state index contributed by atoms with van der Waals surface area (Å²) in [4.78, 5) is 0. The molecule has 1 aromatic carbocycles. The minimum absolute atomic E-state index is 0.610. The lowest BCUT2D eigenvalue weighted by Gasteiger charge is -2.21. The van der Waals surface area contributed by atoms with E-state index in [1.165, 1.54) is 41.3 Å². The number of nitrogens with one attached hydrogen (secondary N) is 1. The monoisotopic (exact) mass is 323 g/mol. The van der Waals surface area contributed by atoms with E-state index in [1.807, 2.05) is 0 Å². The first kappa shape index (κ1) is 13.4. The molecule has 3 heteroatoms. The molecule has 1 fully saturated rings. The van der Waals surface area contributed by atoms with Crippen LogP contribution in [-0.4, -0.2) is 12.6 Å². The normalized spacial score (nSPS) is 20.3. The van der Waals surface area contributed by atoms with Gasteiger partial charge in [0.05, 0.1) is 6.61 Å². The molecular weight excluding hydrogens is 302 g/mol. The lowest BCUT2D eigenvalue weighted by atomic mass is 9.99. The van der Waals surface area contributed by atoms with E-state index in [1.54, 1.807) is 0 Å². The molecule has 0 bridgehead atoms. The summed E-state index contributed by atoms with van der Waals surface area (Å²) in [5.41, 5.74) is 2.64. The average molecular weight is 324 g/mol. The third-order valence-electron chi connectivity index (χ3n) is 4.55. The maximum atomic E-state index is 5.78. The Hall–Kier alpha value is -0.540. The molecule has 104 valence electrons. The van der Waals surface area contributed by atoms with E-state index < -0.39 is 0 Å². The number of ether oxygens (including phenoxy) is 1. The molecule has 1 aliphatic heterocycles. The van der Waals surface area contributed by atoms with E-state index in [0.29, 0.717) is 6.04 Å². The highest BCUT2D eigenvalue weighted by atomic mass is 79.9. The molecule has 1 N–H and O–H groups in total. The van der Waals surface area contributed by atoms with Gasteiger partial charge >= 0.3 is 0 Å². The van der Waals surface area contributed by atoms with Crippen molar-refractivity contribution in [2.24, 2.45) is 5.92 Å². The molecule has 1 heterocycles. The summed E-state index contributed by atoms with van der Waals surface area (Å²) in [6.07, 6.45) is 6.64. The average Bonchev–Trinajstić information content (AvgIpc) is 3.05. The third kappa shape index (κ3) is 2.97. The predicted molar refractivity (Wildman–Crippen MR) is 81.6 cm³/mol. The molecule has 1 saturated carbocycles. The van der Waals surface area contributed by atoms with Gasteiger partial charge in [0, 0.05) is 29.0 Å². The lowest BCUT2D eigenvalue weighted by molar-refractivity contribution is 0.346. The van der Waals surface area contributed by atoms with Gasteiger partial charge < -0.3 is 10.1 Å². The first-order valence-corrected chi connectivity index (χ1v) is 8.21. The Morgan fingerprint density at radius 1 is 1.37 bits per heavy atom. The second-order valence-corrected chi connectivity index (χ2v) is 6.78. The van der Waals surface area contributed by atoms with Crippen LogP contribution in [0.5, 0.6) is 5.75 Å². The molecule has 19 heavy (non-hydrogen) atoms. The number of hydrogen-bond acceptors (Lipinski definition) is 2. The zero-order valence-electron chi connectivity index (χ0n) is 11.5. The fourth-order valence-electron chi connectivity index (χ4n) is 3.37. The summed E-state index contributed by atoms with van der Waals surface area (Å²) in [5.74, 6) is 1.98. The van der Waals surface area contributed by atoms with Crippen molar-refractivity contribution >= 4 is 15.9 Å². The SMILES string of the molecule is C[C@@H](NCc1cc(Br)cc2c1OCC2)C1CCCC1. The number of rotatable bonds is 4. The Kier molecular flexibility index (Phi) is 4.13. The quantitative estimate of drug-likeness (QED) is 0.902. The summed E-state index contributed by atoms with van der Waals surface area (Å²) >= 11 is 3.61. The van der Waals surface area contributed by atoms with Crippen molar-refractivity contribution in [2.75, 3.05) is 6.61 Å². The van der Waals surface area contributed by atoms with E-state index in [2.05, 4.69) is 40.3 Å². The molecular formula is C16H22BrNO. The van der Waals surface area contributed by atoms with Crippen LogP contribution >= 0.6 is 15.9 Å². The van der Waals surface area contributed by atoms with Crippen LogP contribution in [0.15, 0.2) is 16.6 Å². The van der Waals surface area contributed by atoms with Crippen LogP contribution in [0.4, 0.5) is 0 Å². The summed E-state index contributed by atoms with van der Waals surface area (Å²) < 4.78 is 6.95. The zero-order chi connectivity index (χ0) is 13.2. The van der Waals surface area contributed by atoms with Crippen molar-refractivity contribution in [3.63, 3.8) is 0 Å². The molecule has 0 spiro atoms. The van der Waals surface area contributed by atoms with Gasteiger partial charge in [0.1, 0.15) is 5.75 Å². The zero-order valence-corrected chi connectivity index (χ0v) is 13.1. The van der Waals surface area contributed by atoms with E-state index in [0.717, 1.165) is 31.2 Å². The van der Waals surface area contributed by atoms with Crippen molar-refractivity contribution in [3.05, 3.63) is 27.7 Å². The highest BCUT2D eigenvalue weighted by molar-refractivity contribution is 9.10. The Bertz CT molecular complexity index is 454. The fourth-order valence-corrected chi connectivity index (χ4v) is 3.92. The number of halogens is 1. The lowest BCUT2D eigenvalue weighted by Crippen LogP contribution is -2.31. The third-order valence-corrected chi connectivity index (χ3v) is 5.00. The van der Waals surface area contributed by atoms with Crippen molar-refractivity contribution in [3.8, 4) is 5.75 Å². The summed E-state index contributed by atoms with van der Waals surface area (Å²) in [6.45, 7) is 4.07. The van der Waals surface area contributed by atoms with Gasteiger partial charge in [-0.25, -0.2) is 0 Å². The van der Waals surface area contributed by atoms with Gasteiger partial charge in [0.15, 0.2) is 0 Å². The highest BCUT2D eigenvalue weighted by Gasteiger charge is 2.22. The molecule has 1 atom stereocenters. The predicted octanol–water partition coefficient (Wildman–Crippen LogP) is 4.05. The number of benzene rings is 1. The first-order valence-electron chi connectivity index (χ1n) is 7.41. The first-order chi connectivity index (χ1) is 9.24. The van der Waals surface area contributed by atoms with Crippen LogP contribution < -0.4 is 10.1 Å². The van der Waals surface area contributed by atoms with Crippen LogP contribution in [0, 0.1) is 5.92 Å². The largest absolute Gasteiger partial charge is 0.493 e. The Morgan fingerprint density at radius 2 is 2.16 bits per heavy atom. The maximum Gasteiger partial charge on any atom is 0.127 e. The van der Waals surface area contributed by atoms with Gasteiger partial charge in [-0.3, -0.25) is 0 Å². The van der Waals surface area contributed by atoms with Gasteiger partial charge in [0.25, 0.3) is 0 Å². The summed E-state index contributed by atoms with van der Waals surface area (Å²) in [5, 5.41) is 3.70. The van der Waals surface area contributed by atoms with Gasteiger partial charge in [-0.15, -0.1) is 0 Å². The van der Waals surface area contributed by atoms with Crippen LogP contribution in [0.1, 0.15) is 43.7 Å². The number of hydrogen-bond donors (Lipinski definition) is 1. The smallest absolute Gasteiger partial charge is 0.127 e. The second-order valence-electron chi connectivity index (χ2n) is 5.87. The molecule has 0 aromatic heterocycles. The molecule has 1 aromatic rings. The van der Waals surface area contributed by atoms with Crippen molar-refractivity contribution in [1.29, 1.82) is 0 Å². The molecule has 0 saturated heterocycles. The fraction of sp³-hybridized carbons (Fsp3) is 0.625. The van der Waals surface area contributed by atoms with Crippen LogP contribution in [0.3, 0.4) is 0 Å². The van der Waals surface area contributed by atoms with Gasteiger partial charge in [-0.05, 0) is 43.4 Å². The standard InChI is InChI=1S/C16H22BrNO/c1-11(12-4-2-3-5-12)18-10-14-9-15(17)8-13-6-7-19-16(13)14/h8-9,11-12,18H,2-7,10H2,1H3/t11-/m1/s1. The molecule has 0 radical (unpaired) electrons. The molecule has 0 unspecified atom stereocenters. The second kappa shape index (κ2) is 5.84. The van der Waals surface area contributed by atoms with Gasteiger partial charge in [0.2, 0.25) is 0 Å². The minimum Gasteiger partial charge on any atom is -0.493 e. The molecule has 2 aliphatic rings. The molecule has 3 rings (SSSR count). The van der Waals surface area contributed by atoms with Crippen LogP contribution in [0.25, 0.3) is 0 Å². The minimum atomic E-state index is 0.610. The van der Waals surface area contributed by atoms with Crippen LogP contribution in [-0.2, 0) is 13.0 Å². The van der Waals surface area contributed by atoms with E-state index in [4.69, 9.17) is 4.74 Å². The highest BCUT2D eigenvalue weighted by Crippen LogP contribution is 2.33. The molecule has 2 nitrogen and oxygen atoms in total. The molecule has 0 amide bonds. The van der Waals surface area contributed by atoms with E-state index >= 15 is 0 Å². The topological polar surface area (TPSA) is 21.3 Å². The Labute approximate surface area is 124 Å². The van der Waals surface area contributed by atoms with E-state index in [-0.39, 0.29) is 0 Å². The summed E-state index contributed by atoms with van der Waals surface area (Å²) in [6, 6.07) is 4.99. The maximum absolute atomic E-state index is 5.78. The van der Waals surface area contributed by atoms with Crippen LogP contribution in [0.2, 0.25) is 0 Å².